The predicted molar refractivity (Wildman–Crippen MR) is 120 cm³/mol. The Hall–Kier alpha value is -1.12. The fourth-order valence-electron chi connectivity index (χ4n) is 3.45. The molecule has 1 aliphatic rings. The summed E-state index contributed by atoms with van der Waals surface area (Å²) in [6.45, 7) is 12.9. The standard InChI is InChI=1S/C15H14N.C9H13.2ClH.Ti/c1-11-7-12(2)16(10-11)15-8-13-5-3-4-6-14(13)9-15;1-6-5-7(2)9(4)8(6)3;;;/h3-10H,1-2H3;6H,1-4H3;2*1H;/q2*-1;;;+2/p-2. The van der Waals surface area contributed by atoms with E-state index < -0.39 is 17.0 Å². The second kappa shape index (κ2) is 10.6. The van der Waals surface area contributed by atoms with Crippen LogP contribution in [0.3, 0.4) is 0 Å². The van der Waals surface area contributed by atoms with Gasteiger partial charge in [-0.3, -0.25) is 6.08 Å². The van der Waals surface area contributed by atoms with E-state index in [0.29, 0.717) is 5.92 Å². The quantitative estimate of drug-likeness (QED) is 0.262. The molecule has 4 heteroatoms. The van der Waals surface area contributed by atoms with Crippen molar-refractivity contribution < 1.29 is 17.0 Å². The molecule has 1 unspecified atom stereocenters. The molecule has 1 nitrogen and oxygen atoms in total. The molecule has 0 bridgehead atoms. The van der Waals surface area contributed by atoms with Crippen molar-refractivity contribution >= 4 is 29.4 Å². The number of hydrogen-bond donors (Lipinski definition) is 0. The first-order valence-corrected chi connectivity index (χ1v) is 13.6. The van der Waals surface area contributed by atoms with Crippen molar-refractivity contribution in [3.63, 3.8) is 0 Å². The molecule has 2 aromatic carbocycles. The molecule has 0 aliphatic heterocycles. The van der Waals surface area contributed by atoms with E-state index in [4.69, 9.17) is 18.6 Å². The molecule has 0 amide bonds. The van der Waals surface area contributed by atoms with E-state index in [2.05, 4.69) is 101 Å². The molecule has 1 aliphatic carbocycles. The minimum absolute atomic E-state index is 0.556. The average molecular weight is 448 g/mol. The van der Waals surface area contributed by atoms with E-state index in [1.165, 1.54) is 44.4 Å². The Labute approximate surface area is 186 Å². The van der Waals surface area contributed by atoms with Gasteiger partial charge in [-0.15, -0.1) is 48.0 Å². The first kappa shape index (κ1) is 23.2. The first-order chi connectivity index (χ1) is 13.3. The predicted octanol–water partition coefficient (Wildman–Crippen LogP) is 8.06. The van der Waals surface area contributed by atoms with Crippen molar-refractivity contribution in [1.82, 2.24) is 4.57 Å². The van der Waals surface area contributed by atoms with Crippen molar-refractivity contribution in [1.29, 1.82) is 0 Å². The molecule has 3 aromatic rings. The number of aromatic nitrogens is 1. The van der Waals surface area contributed by atoms with Crippen molar-refractivity contribution in [2.24, 2.45) is 5.92 Å². The van der Waals surface area contributed by atoms with Gasteiger partial charge in [0.1, 0.15) is 0 Å². The van der Waals surface area contributed by atoms with E-state index in [0.717, 1.165) is 0 Å². The zero-order chi connectivity index (χ0) is 20.8. The Morgan fingerprint density at radius 3 is 2.11 bits per heavy atom. The topological polar surface area (TPSA) is 4.93 Å². The first-order valence-electron chi connectivity index (χ1n) is 9.34. The number of benzene rings is 1. The van der Waals surface area contributed by atoms with E-state index in [-0.39, 0.29) is 0 Å². The second-order valence-corrected chi connectivity index (χ2v) is 9.82. The Balaban J connectivity index is 0.000000199. The molecular formula is C24H27Cl2NTi-2. The third-order valence-electron chi connectivity index (χ3n) is 5.27. The third kappa shape index (κ3) is 5.70. The molecule has 0 N–H and O–H groups in total. The maximum absolute atomic E-state index is 4.89. The Morgan fingerprint density at radius 1 is 1.04 bits per heavy atom. The molecule has 28 heavy (non-hydrogen) atoms. The summed E-state index contributed by atoms with van der Waals surface area (Å²) in [6.07, 6.45) is 5.54. The van der Waals surface area contributed by atoms with Crippen LogP contribution in [0, 0.1) is 25.8 Å². The molecule has 0 saturated carbocycles. The summed E-state index contributed by atoms with van der Waals surface area (Å²) >= 11 is -0.556. The molecule has 1 atom stereocenters. The zero-order valence-corrected chi connectivity index (χ0v) is 20.5. The molecule has 0 fully saturated rings. The molecule has 0 saturated heterocycles. The zero-order valence-electron chi connectivity index (χ0n) is 17.4. The van der Waals surface area contributed by atoms with Crippen LogP contribution >= 0.6 is 18.6 Å². The SMILES string of the molecule is CC1=[C-]C(C)C(C)=C1C.Cc1cc(C)n(-c2cc3ccccc3[cH-]2)c1.[Cl][Ti][Cl]. The van der Waals surface area contributed by atoms with Crippen molar-refractivity contribution in [3.8, 4) is 5.69 Å². The number of fused-ring (bicyclic) bond motifs is 1. The Kier molecular flexibility index (Phi) is 8.77. The van der Waals surface area contributed by atoms with E-state index in [1.54, 1.807) is 0 Å². The fraction of sp³-hybridized carbons (Fsp3) is 0.292. The van der Waals surface area contributed by atoms with Crippen LogP contribution in [-0.4, -0.2) is 4.57 Å². The van der Waals surface area contributed by atoms with Gasteiger partial charge in [0.25, 0.3) is 0 Å². The van der Waals surface area contributed by atoms with Crippen LogP contribution in [0.1, 0.15) is 39.0 Å². The van der Waals surface area contributed by atoms with Crippen LogP contribution in [0.2, 0.25) is 0 Å². The molecule has 0 radical (unpaired) electrons. The van der Waals surface area contributed by atoms with Gasteiger partial charge in [0.05, 0.1) is 0 Å². The molecule has 1 aromatic heterocycles. The van der Waals surface area contributed by atoms with Crippen molar-refractivity contribution in [2.75, 3.05) is 0 Å². The van der Waals surface area contributed by atoms with E-state index in [1.807, 2.05) is 0 Å². The minimum atomic E-state index is -0.556. The van der Waals surface area contributed by atoms with Crippen LogP contribution in [-0.2, 0) is 17.0 Å². The van der Waals surface area contributed by atoms with Crippen molar-refractivity contribution in [2.45, 2.75) is 41.5 Å². The summed E-state index contributed by atoms with van der Waals surface area (Å²) in [5, 5.41) is 2.62. The van der Waals surface area contributed by atoms with Crippen LogP contribution in [0.25, 0.3) is 16.5 Å². The maximum atomic E-state index is 4.89. The Bertz CT molecular complexity index is 958. The molecule has 0 spiro atoms. The van der Waals surface area contributed by atoms with Crippen LogP contribution in [0.5, 0.6) is 0 Å². The summed E-state index contributed by atoms with van der Waals surface area (Å²) in [5.41, 5.74) is 8.09. The van der Waals surface area contributed by atoms with Gasteiger partial charge in [-0.2, -0.15) is 11.1 Å². The normalized spacial score (nSPS) is 15.6. The summed E-state index contributed by atoms with van der Waals surface area (Å²) < 4.78 is 2.25. The van der Waals surface area contributed by atoms with Gasteiger partial charge in [-0.05, 0) is 31.2 Å². The van der Waals surface area contributed by atoms with Gasteiger partial charge in [0.15, 0.2) is 0 Å². The number of allylic oxidation sites excluding steroid dienone is 4. The van der Waals surface area contributed by atoms with Gasteiger partial charge < -0.3 is 4.57 Å². The second-order valence-electron chi connectivity index (χ2n) is 7.24. The number of aryl methyl sites for hydroxylation is 2. The molecule has 148 valence electrons. The van der Waals surface area contributed by atoms with Gasteiger partial charge >= 0.3 is 35.6 Å². The van der Waals surface area contributed by atoms with Gasteiger partial charge in [0, 0.05) is 11.9 Å². The Morgan fingerprint density at radius 2 is 1.68 bits per heavy atom. The third-order valence-corrected chi connectivity index (χ3v) is 5.27. The van der Waals surface area contributed by atoms with Gasteiger partial charge in [-0.1, -0.05) is 32.8 Å². The number of nitrogens with zero attached hydrogens (tertiary/aromatic N) is 1. The van der Waals surface area contributed by atoms with E-state index >= 15 is 0 Å². The molecular weight excluding hydrogens is 421 g/mol. The van der Waals surface area contributed by atoms with Crippen LogP contribution < -0.4 is 0 Å². The summed E-state index contributed by atoms with van der Waals surface area (Å²) in [7, 11) is 9.78. The number of hydrogen-bond acceptors (Lipinski definition) is 0. The number of halogens is 2. The average Bonchev–Trinajstić information content (AvgIpc) is 3.29. The van der Waals surface area contributed by atoms with Crippen molar-refractivity contribution in [3.05, 3.63) is 82.7 Å². The molecule has 4 rings (SSSR count). The monoisotopic (exact) mass is 447 g/mol. The molecule has 1 heterocycles. The van der Waals surface area contributed by atoms with Gasteiger partial charge in [-0.25, -0.2) is 5.57 Å². The van der Waals surface area contributed by atoms with Crippen LogP contribution in [0.15, 0.2) is 65.4 Å². The fourth-order valence-corrected chi connectivity index (χ4v) is 3.45. The summed E-state index contributed by atoms with van der Waals surface area (Å²) in [5.74, 6) is 0.560. The number of rotatable bonds is 1. The van der Waals surface area contributed by atoms with E-state index in [9.17, 15) is 0 Å². The van der Waals surface area contributed by atoms with Crippen LogP contribution in [0.4, 0.5) is 0 Å². The summed E-state index contributed by atoms with van der Waals surface area (Å²) in [4.78, 5) is 0. The summed E-state index contributed by atoms with van der Waals surface area (Å²) in [6, 6.07) is 15.2. The van der Waals surface area contributed by atoms with Gasteiger partial charge in [0.2, 0.25) is 0 Å².